The average Bonchev–Trinajstić information content (AvgIpc) is 3.40. The molecular weight excluding hydrogens is 496 g/mol. The summed E-state index contributed by atoms with van der Waals surface area (Å²) in [6.07, 6.45) is -0.576. The second-order valence-corrected chi connectivity index (χ2v) is 8.31. The first-order chi connectivity index (χ1) is 18.2. The molecule has 2 atom stereocenters. The van der Waals surface area contributed by atoms with Gasteiger partial charge in [0.2, 0.25) is 5.54 Å². The number of rotatable bonds is 6. The average molecular weight is 523 g/mol. The standard InChI is InChI=1S/C25H26N6O7/c1-24(29-27-22(34)37-3)25(18(20(32)36-2)15-30(24)28-23(35)38-4)21(33)26-19(16-11-7-5-8-12-16)31(25)17-13-9-6-10-14-17/h5-15,29H,1-4H3,(H,27,34)(H,28,35). The lowest BCUT2D eigenvalue weighted by Crippen LogP contribution is -2.78. The fourth-order valence-corrected chi connectivity index (χ4v) is 4.58. The Hall–Kier alpha value is -4.91. The summed E-state index contributed by atoms with van der Waals surface area (Å²) in [6.45, 7) is 1.49. The normalized spacial score (nSPS) is 22.1. The van der Waals surface area contributed by atoms with Crippen molar-refractivity contribution in [2.75, 3.05) is 26.2 Å². The second-order valence-electron chi connectivity index (χ2n) is 8.31. The third-order valence-corrected chi connectivity index (χ3v) is 6.34. The number of aliphatic imine (C=N–C) groups is 1. The van der Waals surface area contributed by atoms with E-state index in [4.69, 9.17) is 9.47 Å². The fraction of sp³-hybridized carbons (Fsp3) is 0.240. The van der Waals surface area contributed by atoms with Crippen molar-refractivity contribution in [1.29, 1.82) is 0 Å². The zero-order valence-electron chi connectivity index (χ0n) is 21.1. The van der Waals surface area contributed by atoms with Gasteiger partial charge < -0.3 is 19.1 Å². The Morgan fingerprint density at radius 2 is 1.47 bits per heavy atom. The number of carbonyl (C=O) groups excluding carboxylic acids is 4. The first-order valence-electron chi connectivity index (χ1n) is 11.3. The molecule has 2 aromatic carbocycles. The highest BCUT2D eigenvalue weighted by molar-refractivity contribution is 6.27. The van der Waals surface area contributed by atoms with Crippen LogP contribution in [-0.2, 0) is 23.8 Å². The molecule has 13 nitrogen and oxygen atoms in total. The minimum atomic E-state index is -2.02. The third-order valence-electron chi connectivity index (χ3n) is 6.34. The Bertz CT molecular complexity index is 1320. The molecule has 0 radical (unpaired) electrons. The van der Waals surface area contributed by atoms with Crippen LogP contribution in [0.15, 0.2) is 77.4 Å². The highest BCUT2D eigenvalue weighted by atomic mass is 16.5. The molecule has 2 unspecified atom stereocenters. The molecule has 0 bridgehead atoms. The van der Waals surface area contributed by atoms with Gasteiger partial charge in [-0.3, -0.25) is 15.2 Å². The van der Waals surface area contributed by atoms with Crippen molar-refractivity contribution in [2.24, 2.45) is 4.99 Å². The predicted molar refractivity (Wildman–Crippen MR) is 134 cm³/mol. The van der Waals surface area contributed by atoms with E-state index < -0.39 is 35.3 Å². The van der Waals surface area contributed by atoms with Gasteiger partial charge in [0.1, 0.15) is 5.84 Å². The SMILES string of the molecule is COC(=O)NNC1(C)N(NC(=O)OC)C=C(C(=O)OC)C12C(=O)N=C(c1ccccc1)N2c1ccccc1. The van der Waals surface area contributed by atoms with E-state index >= 15 is 0 Å². The van der Waals surface area contributed by atoms with Gasteiger partial charge in [0, 0.05) is 17.5 Å². The van der Waals surface area contributed by atoms with E-state index in [9.17, 15) is 19.2 Å². The quantitative estimate of drug-likeness (QED) is 0.289. The molecule has 198 valence electrons. The van der Waals surface area contributed by atoms with Crippen LogP contribution < -0.4 is 21.2 Å². The number of hydrogen-bond donors (Lipinski definition) is 3. The summed E-state index contributed by atoms with van der Waals surface area (Å²) in [4.78, 5) is 57.9. The van der Waals surface area contributed by atoms with Crippen molar-refractivity contribution in [1.82, 2.24) is 21.3 Å². The van der Waals surface area contributed by atoms with E-state index in [2.05, 4.69) is 26.0 Å². The van der Waals surface area contributed by atoms with E-state index in [1.165, 1.54) is 13.1 Å². The van der Waals surface area contributed by atoms with Crippen LogP contribution in [0.2, 0.25) is 0 Å². The van der Waals surface area contributed by atoms with Gasteiger partial charge in [-0.15, -0.1) is 0 Å². The molecule has 2 aromatic rings. The van der Waals surface area contributed by atoms with Gasteiger partial charge in [0.05, 0.1) is 26.9 Å². The molecule has 3 amide bonds. The molecule has 0 aliphatic carbocycles. The van der Waals surface area contributed by atoms with Gasteiger partial charge in [-0.05, 0) is 19.1 Å². The lowest BCUT2D eigenvalue weighted by Gasteiger charge is -2.49. The van der Waals surface area contributed by atoms with Crippen molar-refractivity contribution in [2.45, 2.75) is 18.1 Å². The molecule has 0 aromatic heterocycles. The zero-order chi connectivity index (χ0) is 27.5. The topological polar surface area (TPSA) is 151 Å². The minimum absolute atomic E-state index is 0.179. The summed E-state index contributed by atoms with van der Waals surface area (Å²) in [5.74, 6) is -1.42. The largest absolute Gasteiger partial charge is 0.466 e. The molecule has 38 heavy (non-hydrogen) atoms. The number of esters is 1. The molecule has 1 spiro atoms. The second kappa shape index (κ2) is 10.2. The van der Waals surface area contributed by atoms with E-state index in [0.717, 1.165) is 26.3 Å². The first kappa shape index (κ1) is 26.2. The highest BCUT2D eigenvalue weighted by Gasteiger charge is 2.72. The van der Waals surface area contributed by atoms with Gasteiger partial charge in [0.25, 0.3) is 5.91 Å². The minimum Gasteiger partial charge on any atom is -0.466 e. The molecule has 0 fully saturated rings. The van der Waals surface area contributed by atoms with Gasteiger partial charge in [-0.25, -0.2) is 25.2 Å². The fourth-order valence-electron chi connectivity index (χ4n) is 4.58. The number of ether oxygens (including phenoxy) is 3. The van der Waals surface area contributed by atoms with E-state index in [-0.39, 0.29) is 11.4 Å². The number of methoxy groups -OCH3 is 3. The Labute approximate surface area is 218 Å². The summed E-state index contributed by atoms with van der Waals surface area (Å²) in [5.41, 5.74) is 4.64. The first-order valence-corrected chi connectivity index (χ1v) is 11.3. The van der Waals surface area contributed by atoms with Crippen LogP contribution in [0.3, 0.4) is 0 Å². The van der Waals surface area contributed by atoms with Gasteiger partial charge in [-0.1, -0.05) is 48.5 Å². The van der Waals surface area contributed by atoms with Gasteiger partial charge in [0.15, 0.2) is 5.66 Å². The maximum atomic E-state index is 14.2. The molecule has 13 heteroatoms. The molecule has 2 aliphatic heterocycles. The Balaban J connectivity index is 2.02. The predicted octanol–water partition coefficient (Wildman–Crippen LogP) is 1.44. The van der Waals surface area contributed by atoms with Crippen molar-refractivity contribution in [3.63, 3.8) is 0 Å². The van der Waals surface area contributed by atoms with Crippen LogP contribution in [0, 0.1) is 0 Å². The molecule has 0 saturated carbocycles. The molecule has 2 aliphatic rings. The summed E-state index contributed by atoms with van der Waals surface area (Å²) in [6, 6.07) is 17.7. The third kappa shape index (κ3) is 3.98. The number of hydrazine groups is 2. The number of nitrogens with one attached hydrogen (secondary N) is 3. The lowest BCUT2D eigenvalue weighted by molar-refractivity contribution is -0.139. The Kier molecular flexibility index (Phi) is 7.04. The zero-order valence-corrected chi connectivity index (χ0v) is 21.1. The molecule has 0 saturated heterocycles. The number of amides is 3. The Morgan fingerprint density at radius 1 is 0.868 bits per heavy atom. The van der Waals surface area contributed by atoms with E-state index in [0.29, 0.717) is 11.3 Å². The number of para-hydroxylation sites is 1. The number of benzene rings is 2. The van der Waals surface area contributed by atoms with Crippen LogP contribution in [0.1, 0.15) is 12.5 Å². The van der Waals surface area contributed by atoms with Gasteiger partial charge in [-0.2, -0.15) is 4.99 Å². The number of carbonyl (C=O) groups is 4. The van der Waals surface area contributed by atoms with Crippen LogP contribution in [0.5, 0.6) is 0 Å². The number of hydrogen-bond acceptors (Lipinski definition) is 10. The van der Waals surface area contributed by atoms with Crippen molar-refractivity contribution < 1.29 is 33.4 Å². The highest BCUT2D eigenvalue weighted by Crippen LogP contribution is 2.49. The lowest BCUT2D eigenvalue weighted by atomic mass is 9.78. The summed E-state index contributed by atoms with van der Waals surface area (Å²) in [7, 11) is 3.47. The van der Waals surface area contributed by atoms with Crippen LogP contribution >= 0.6 is 0 Å². The summed E-state index contributed by atoms with van der Waals surface area (Å²) < 4.78 is 14.5. The monoisotopic (exact) mass is 522 g/mol. The van der Waals surface area contributed by atoms with E-state index in [1.54, 1.807) is 59.5 Å². The molecule has 2 heterocycles. The smallest absolute Gasteiger partial charge is 0.425 e. The summed E-state index contributed by atoms with van der Waals surface area (Å²) in [5, 5.41) is 1.14. The molecule has 4 rings (SSSR count). The maximum absolute atomic E-state index is 14.2. The van der Waals surface area contributed by atoms with Crippen molar-refractivity contribution in [3.05, 3.63) is 78.0 Å². The van der Waals surface area contributed by atoms with Crippen molar-refractivity contribution in [3.8, 4) is 0 Å². The number of amidine groups is 1. The maximum Gasteiger partial charge on any atom is 0.425 e. The summed E-state index contributed by atoms with van der Waals surface area (Å²) >= 11 is 0. The Morgan fingerprint density at radius 3 is 2.05 bits per heavy atom. The van der Waals surface area contributed by atoms with E-state index in [1.807, 2.05) is 6.07 Å². The van der Waals surface area contributed by atoms with Crippen molar-refractivity contribution >= 4 is 35.6 Å². The number of anilines is 1. The van der Waals surface area contributed by atoms with Crippen LogP contribution in [-0.4, -0.2) is 67.4 Å². The van der Waals surface area contributed by atoms with Crippen LogP contribution in [0.25, 0.3) is 0 Å². The van der Waals surface area contributed by atoms with Gasteiger partial charge >= 0.3 is 18.2 Å². The van der Waals surface area contributed by atoms with Crippen LogP contribution in [0.4, 0.5) is 15.3 Å². The number of nitrogens with zero attached hydrogens (tertiary/aromatic N) is 3. The molecular formula is C25H26N6O7. The molecule has 3 N–H and O–H groups in total.